The maximum Gasteiger partial charge on any atom is 0.257 e. The summed E-state index contributed by atoms with van der Waals surface area (Å²) in [6, 6.07) is 15.3. The molecule has 0 bridgehead atoms. The normalized spacial score (nSPS) is 15.8. The fourth-order valence-electron chi connectivity index (χ4n) is 4.42. The topological polar surface area (TPSA) is 112 Å². The third-order valence-corrected chi connectivity index (χ3v) is 6.76. The summed E-state index contributed by atoms with van der Waals surface area (Å²) in [7, 11) is 1.61. The van der Waals surface area contributed by atoms with Crippen LogP contribution in [0.5, 0.6) is 5.75 Å². The Bertz CT molecular complexity index is 1040. The highest BCUT2D eigenvalue weighted by Crippen LogP contribution is 2.35. The second-order valence-electron chi connectivity index (χ2n) is 10.7. The molecule has 0 fully saturated rings. The van der Waals surface area contributed by atoms with Crippen molar-refractivity contribution in [1.29, 1.82) is 0 Å². The number of amides is 1. The summed E-state index contributed by atoms with van der Waals surface area (Å²) in [5, 5.41) is 16.3. The Morgan fingerprint density at radius 1 is 1.03 bits per heavy atom. The fraction of sp³-hybridized carbons (Fsp3) is 0.517. The fourth-order valence-corrected chi connectivity index (χ4v) is 4.42. The summed E-state index contributed by atoms with van der Waals surface area (Å²) in [6.45, 7) is 9.55. The van der Waals surface area contributed by atoms with Gasteiger partial charge in [-0.05, 0) is 60.8 Å². The van der Waals surface area contributed by atoms with Gasteiger partial charge in [0.05, 0.1) is 13.7 Å². The highest BCUT2D eigenvalue weighted by atomic mass is 16.5. The molecule has 1 unspecified atom stereocenters. The number of aliphatic hydroxyl groups is 1. The first-order chi connectivity index (χ1) is 17.6. The van der Waals surface area contributed by atoms with Crippen LogP contribution in [0.25, 0.3) is 0 Å². The molecular formula is C29H43N5O3. The van der Waals surface area contributed by atoms with Crippen molar-refractivity contribution in [2.75, 3.05) is 12.4 Å². The van der Waals surface area contributed by atoms with E-state index in [0.29, 0.717) is 36.6 Å². The lowest BCUT2D eigenvalue weighted by Crippen LogP contribution is -2.44. The highest BCUT2D eigenvalue weighted by molar-refractivity contribution is 6.06. The average molecular weight is 510 g/mol. The van der Waals surface area contributed by atoms with Gasteiger partial charge in [-0.1, -0.05) is 58.0 Å². The Morgan fingerprint density at radius 3 is 2.24 bits per heavy atom. The van der Waals surface area contributed by atoms with Crippen LogP contribution >= 0.6 is 0 Å². The van der Waals surface area contributed by atoms with Crippen molar-refractivity contribution in [1.82, 2.24) is 10.2 Å². The molecule has 2 aromatic carbocycles. The van der Waals surface area contributed by atoms with Crippen LogP contribution in [0.3, 0.4) is 0 Å². The maximum atomic E-state index is 13.6. The number of rotatable bonds is 14. The number of nitrogens with zero attached hydrogens (tertiary/aromatic N) is 2. The van der Waals surface area contributed by atoms with E-state index in [1.807, 2.05) is 48.5 Å². The number of benzene rings is 2. The molecule has 1 aliphatic rings. The van der Waals surface area contributed by atoms with E-state index in [4.69, 9.17) is 15.5 Å². The molecule has 37 heavy (non-hydrogen) atoms. The number of nitrogens with one attached hydrogen (secondary N) is 2. The van der Waals surface area contributed by atoms with E-state index in [9.17, 15) is 9.90 Å². The molecule has 2 aromatic rings. The molecule has 1 amide bonds. The van der Waals surface area contributed by atoms with Gasteiger partial charge < -0.3 is 20.9 Å². The Kier molecular flexibility index (Phi) is 9.94. The number of ether oxygens (including phenoxy) is 1. The highest BCUT2D eigenvalue weighted by Gasteiger charge is 2.46. The smallest absolute Gasteiger partial charge is 0.257 e. The molecule has 1 aliphatic heterocycles. The van der Waals surface area contributed by atoms with Crippen LogP contribution < -0.4 is 21.1 Å². The molecule has 3 rings (SSSR count). The number of carbonyl (C=O) groups is 1. The van der Waals surface area contributed by atoms with Crippen LogP contribution in [-0.2, 0) is 17.9 Å². The van der Waals surface area contributed by atoms with Crippen molar-refractivity contribution >= 4 is 17.6 Å². The molecule has 0 saturated heterocycles. The van der Waals surface area contributed by atoms with Gasteiger partial charge in [0, 0.05) is 18.3 Å². The van der Waals surface area contributed by atoms with Gasteiger partial charge in [-0.15, -0.1) is 0 Å². The average Bonchev–Trinajstić information content (AvgIpc) is 3.10. The number of hydrogen-bond donors (Lipinski definition) is 4. The van der Waals surface area contributed by atoms with Gasteiger partial charge in [0.2, 0.25) is 0 Å². The number of methoxy groups -OCH3 is 1. The first kappa shape index (κ1) is 28.5. The summed E-state index contributed by atoms with van der Waals surface area (Å²) >= 11 is 0. The molecule has 0 radical (unpaired) electrons. The van der Waals surface area contributed by atoms with E-state index in [2.05, 4.69) is 38.3 Å². The predicted octanol–water partition coefficient (Wildman–Crippen LogP) is 4.44. The number of carbonyl (C=O) groups excluding carboxylic acids is 1. The molecule has 1 heterocycles. The minimum atomic E-state index is -0.921. The van der Waals surface area contributed by atoms with E-state index < -0.39 is 11.9 Å². The van der Waals surface area contributed by atoms with Gasteiger partial charge in [-0.25, -0.2) is 4.99 Å². The molecule has 1 atom stereocenters. The van der Waals surface area contributed by atoms with Gasteiger partial charge in [0.1, 0.15) is 11.3 Å². The van der Waals surface area contributed by atoms with E-state index in [0.717, 1.165) is 42.5 Å². The third-order valence-electron chi connectivity index (χ3n) is 6.76. The first-order valence-electron chi connectivity index (χ1n) is 13.2. The van der Waals surface area contributed by atoms with Crippen molar-refractivity contribution in [2.45, 2.75) is 78.4 Å². The van der Waals surface area contributed by atoms with Crippen molar-refractivity contribution < 1.29 is 14.6 Å². The van der Waals surface area contributed by atoms with Crippen molar-refractivity contribution in [3.8, 4) is 5.75 Å². The summed E-state index contributed by atoms with van der Waals surface area (Å²) in [5.74, 6) is 2.05. The zero-order chi connectivity index (χ0) is 27.0. The van der Waals surface area contributed by atoms with E-state index in [1.54, 1.807) is 12.0 Å². The molecule has 0 saturated carbocycles. The molecule has 0 spiro atoms. The number of aliphatic hydroxyl groups excluding tert-OH is 1. The third kappa shape index (κ3) is 7.94. The Labute approximate surface area is 221 Å². The van der Waals surface area contributed by atoms with Gasteiger partial charge in [0.15, 0.2) is 12.3 Å². The molecule has 0 aromatic heterocycles. The molecule has 5 N–H and O–H groups in total. The number of hydrogen-bond acceptors (Lipinski definition) is 7. The van der Waals surface area contributed by atoms with Crippen LogP contribution in [0.15, 0.2) is 53.5 Å². The number of guanidine groups is 1. The Hall–Kier alpha value is -3.10. The maximum absolute atomic E-state index is 13.6. The van der Waals surface area contributed by atoms with Crippen molar-refractivity contribution in [2.24, 2.45) is 22.6 Å². The van der Waals surface area contributed by atoms with Crippen LogP contribution in [0, 0.1) is 11.8 Å². The quantitative estimate of drug-likeness (QED) is 0.280. The lowest BCUT2D eigenvalue weighted by Gasteiger charge is -2.27. The molecular weight excluding hydrogens is 466 g/mol. The van der Waals surface area contributed by atoms with Crippen LogP contribution in [-0.4, -0.2) is 40.9 Å². The van der Waals surface area contributed by atoms with E-state index in [1.165, 1.54) is 0 Å². The zero-order valence-corrected chi connectivity index (χ0v) is 22.8. The molecule has 0 aliphatic carbocycles. The zero-order valence-electron chi connectivity index (χ0n) is 22.8. The Morgan fingerprint density at radius 2 is 1.65 bits per heavy atom. The van der Waals surface area contributed by atoms with Gasteiger partial charge in [0.25, 0.3) is 5.91 Å². The lowest BCUT2D eigenvalue weighted by atomic mass is 9.84. The minimum Gasteiger partial charge on any atom is -0.497 e. The standard InChI is InChI=1S/C29H43N5O3/c1-20(2)13-15-29(16-14-21(3)4)26(35)34(27(30)33-29)19-23-11-9-22(10-12-23)18-31-28(36)32-24-7-6-8-25(17-24)37-5/h6-12,17,20-21,28,31-32,36H,13-16,18-19H2,1-5H3,(H2,30,33). The summed E-state index contributed by atoms with van der Waals surface area (Å²) in [5.41, 5.74) is 8.30. The van der Waals surface area contributed by atoms with Gasteiger partial charge in [-0.3, -0.25) is 15.0 Å². The van der Waals surface area contributed by atoms with Crippen LogP contribution in [0.2, 0.25) is 0 Å². The van der Waals surface area contributed by atoms with Crippen LogP contribution in [0.4, 0.5) is 5.69 Å². The second kappa shape index (κ2) is 12.9. The van der Waals surface area contributed by atoms with Gasteiger partial charge >= 0.3 is 0 Å². The number of nitrogens with two attached hydrogens (primary N) is 1. The predicted molar refractivity (Wildman–Crippen MR) is 149 cm³/mol. The number of anilines is 1. The lowest BCUT2D eigenvalue weighted by molar-refractivity contribution is -0.132. The van der Waals surface area contributed by atoms with Crippen molar-refractivity contribution in [3.05, 3.63) is 59.7 Å². The number of aliphatic imine (C=N–C) groups is 1. The summed E-state index contributed by atoms with van der Waals surface area (Å²) in [4.78, 5) is 20.0. The molecule has 8 nitrogen and oxygen atoms in total. The summed E-state index contributed by atoms with van der Waals surface area (Å²) in [6.07, 6.45) is 2.41. The largest absolute Gasteiger partial charge is 0.497 e. The van der Waals surface area contributed by atoms with Crippen molar-refractivity contribution in [3.63, 3.8) is 0 Å². The van der Waals surface area contributed by atoms with E-state index in [-0.39, 0.29) is 5.91 Å². The molecule has 202 valence electrons. The van der Waals surface area contributed by atoms with Gasteiger partial charge in [-0.2, -0.15) is 0 Å². The van der Waals surface area contributed by atoms with Crippen LogP contribution in [0.1, 0.15) is 64.5 Å². The first-order valence-corrected chi connectivity index (χ1v) is 13.2. The molecule has 8 heteroatoms. The monoisotopic (exact) mass is 509 g/mol. The van der Waals surface area contributed by atoms with E-state index >= 15 is 0 Å². The second-order valence-corrected chi connectivity index (χ2v) is 10.7. The minimum absolute atomic E-state index is 0.0174. The summed E-state index contributed by atoms with van der Waals surface area (Å²) < 4.78 is 5.21. The Balaban J connectivity index is 1.58. The SMILES string of the molecule is COc1cccc(NC(O)NCc2ccc(CN3C(=O)C(CCC(C)C)(CCC(C)C)N=C3N)cc2)c1.